The molecule has 0 radical (unpaired) electrons. The van der Waals surface area contributed by atoms with Gasteiger partial charge in [0.25, 0.3) is 0 Å². The lowest BCUT2D eigenvalue weighted by atomic mass is 10.2. The summed E-state index contributed by atoms with van der Waals surface area (Å²) in [7, 11) is 0. The molecule has 0 aliphatic carbocycles. The number of imidazole rings is 1. The van der Waals surface area contributed by atoms with Gasteiger partial charge in [0, 0.05) is 17.3 Å². The molecule has 0 saturated carbocycles. The van der Waals surface area contributed by atoms with Gasteiger partial charge < -0.3 is 10.1 Å². The molecule has 0 fully saturated rings. The Morgan fingerprint density at radius 3 is 2.75 bits per heavy atom. The van der Waals surface area contributed by atoms with E-state index in [1.807, 2.05) is 47.2 Å². The van der Waals surface area contributed by atoms with Crippen molar-refractivity contribution in [2.24, 2.45) is 0 Å². The first-order valence-electron chi connectivity index (χ1n) is 8.69. The highest BCUT2D eigenvalue weighted by atomic mass is 35.5. The van der Waals surface area contributed by atoms with Gasteiger partial charge in [0.15, 0.2) is 5.13 Å². The number of nitrogens with one attached hydrogen (secondary N) is 1. The zero-order valence-electron chi connectivity index (χ0n) is 15.3. The highest BCUT2D eigenvalue weighted by Gasteiger charge is 2.15. The maximum absolute atomic E-state index is 11.7. The molecular formula is C20H17ClN4O2S. The maximum atomic E-state index is 11.7. The lowest BCUT2D eigenvalue weighted by molar-refractivity contribution is 0.0526. The Labute approximate surface area is 170 Å². The van der Waals surface area contributed by atoms with Crippen LogP contribution in [0.15, 0.2) is 48.0 Å². The summed E-state index contributed by atoms with van der Waals surface area (Å²) < 4.78 is 6.95. The molecule has 1 N–H and O–H groups in total. The second-order valence-corrected chi connectivity index (χ2v) is 7.38. The predicted molar refractivity (Wildman–Crippen MR) is 112 cm³/mol. The van der Waals surface area contributed by atoms with Crippen molar-refractivity contribution >= 4 is 45.4 Å². The Hall–Kier alpha value is -2.90. The quantitative estimate of drug-likeness (QED) is 0.448. The largest absolute Gasteiger partial charge is 0.462 e. The number of carbonyl (C=O) groups excluding carboxylic acids is 1. The minimum atomic E-state index is -0.327. The van der Waals surface area contributed by atoms with Gasteiger partial charge in [0.1, 0.15) is 11.3 Å². The van der Waals surface area contributed by atoms with Gasteiger partial charge in [-0.25, -0.2) is 14.8 Å². The number of rotatable bonds is 5. The maximum Gasteiger partial charge on any atom is 0.338 e. The molecule has 0 bridgehead atoms. The Morgan fingerprint density at radius 2 is 2.00 bits per heavy atom. The first-order valence-corrected chi connectivity index (χ1v) is 9.95. The van der Waals surface area contributed by atoms with Crippen LogP contribution in [0.4, 0.5) is 10.8 Å². The number of ether oxygens (including phenoxy) is 1. The van der Waals surface area contributed by atoms with E-state index >= 15 is 0 Å². The minimum absolute atomic E-state index is 0.327. The number of aromatic nitrogens is 3. The van der Waals surface area contributed by atoms with E-state index in [4.69, 9.17) is 16.3 Å². The molecule has 0 amide bonds. The summed E-state index contributed by atoms with van der Waals surface area (Å²) >= 11 is 7.64. The number of hydrogen-bond acceptors (Lipinski definition) is 6. The van der Waals surface area contributed by atoms with Crippen LogP contribution in [0.3, 0.4) is 0 Å². The number of pyridine rings is 1. The summed E-state index contributed by atoms with van der Waals surface area (Å²) in [6, 6.07) is 10.8. The van der Waals surface area contributed by atoms with Crippen molar-refractivity contribution < 1.29 is 9.53 Å². The molecule has 1 aromatic carbocycles. The van der Waals surface area contributed by atoms with Gasteiger partial charge in [0.2, 0.25) is 0 Å². The van der Waals surface area contributed by atoms with E-state index in [-0.39, 0.29) is 5.97 Å². The summed E-state index contributed by atoms with van der Waals surface area (Å²) in [5.74, 6) is -0.327. The Balaban J connectivity index is 1.58. The van der Waals surface area contributed by atoms with Crippen molar-refractivity contribution in [3.63, 3.8) is 0 Å². The van der Waals surface area contributed by atoms with Crippen molar-refractivity contribution in [2.45, 2.75) is 13.8 Å². The predicted octanol–water partition coefficient (Wildman–Crippen LogP) is 5.34. The van der Waals surface area contributed by atoms with Gasteiger partial charge in [-0.05, 0) is 50.2 Å². The van der Waals surface area contributed by atoms with Gasteiger partial charge >= 0.3 is 5.97 Å². The monoisotopic (exact) mass is 412 g/mol. The van der Waals surface area contributed by atoms with Gasteiger partial charge in [0.05, 0.1) is 28.6 Å². The topological polar surface area (TPSA) is 68.5 Å². The number of esters is 1. The number of nitrogens with zero attached hydrogens (tertiary/aromatic N) is 3. The average Bonchev–Trinajstić information content (AvgIpc) is 3.25. The van der Waals surface area contributed by atoms with E-state index in [1.165, 1.54) is 11.3 Å². The number of thiazole rings is 1. The van der Waals surface area contributed by atoms with Crippen LogP contribution in [0.2, 0.25) is 5.02 Å². The Bertz CT molecular complexity index is 1150. The fraction of sp³-hybridized carbons (Fsp3) is 0.150. The van der Waals surface area contributed by atoms with E-state index in [0.717, 1.165) is 33.5 Å². The number of hydrogen-bond donors (Lipinski definition) is 1. The van der Waals surface area contributed by atoms with Crippen molar-refractivity contribution in [1.82, 2.24) is 14.4 Å². The molecule has 3 heterocycles. The molecule has 0 aliphatic rings. The van der Waals surface area contributed by atoms with Gasteiger partial charge in [-0.15, -0.1) is 11.3 Å². The van der Waals surface area contributed by atoms with Crippen molar-refractivity contribution in [2.75, 3.05) is 11.9 Å². The zero-order chi connectivity index (χ0) is 19.7. The van der Waals surface area contributed by atoms with Crippen LogP contribution in [0.1, 0.15) is 23.0 Å². The fourth-order valence-electron chi connectivity index (χ4n) is 2.91. The lowest BCUT2D eigenvalue weighted by Gasteiger charge is -2.05. The average molecular weight is 413 g/mol. The van der Waals surface area contributed by atoms with Crippen molar-refractivity contribution in [3.8, 4) is 11.4 Å². The van der Waals surface area contributed by atoms with E-state index in [2.05, 4.69) is 15.3 Å². The molecule has 0 atom stereocenters. The van der Waals surface area contributed by atoms with Gasteiger partial charge in [-0.3, -0.25) is 4.40 Å². The molecule has 6 nitrogen and oxygen atoms in total. The van der Waals surface area contributed by atoms with Crippen LogP contribution in [-0.2, 0) is 4.74 Å². The van der Waals surface area contributed by atoms with E-state index in [9.17, 15) is 4.79 Å². The van der Waals surface area contributed by atoms with Crippen molar-refractivity contribution in [1.29, 1.82) is 0 Å². The first-order chi connectivity index (χ1) is 13.5. The van der Waals surface area contributed by atoms with Crippen molar-refractivity contribution in [3.05, 3.63) is 64.3 Å². The smallest absolute Gasteiger partial charge is 0.338 e. The van der Waals surface area contributed by atoms with Crippen LogP contribution in [0.25, 0.3) is 17.0 Å². The molecule has 8 heteroatoms. The third kappa shape index (κ3) is 3.58. The zero-order valence-corrected chi connectivity index (χ0v) is 16.8. The van der Waals surface area contributed by atoms with Crippen LogP contribution in [-0.4, -0.2) is 26.9 Å². The number of carbonyl (C=O) groups is 1. The molecule has 0 saturated heterocycles. The highest BCUT2D eigenvalue weighted by Crippen LogP contribution is 2.30. The van der Waals surface area contributed by atoms with Gasteiger partial charge in [-0.1, -0.05) is 11.6 Å². The molecule has 0 unspecified atom stereocenters. The molecule has 142 valence electrons. The van der Waals surface area contributed by atoms with Crippen LogP contribution < -0.4 is 5.32 Å². The normalized spacial score (nSPS) is 11.0. The van der Waals surface area contributed by atoms with Crippen LogP contribution in [0.5, 0.6) is 0 Å². The second kappa shape index (κ2) is 7.61. The summed E-state index contributed by atoms with van der Waals surface area (Å²) in [4.78, 5) is 21.0. The summed E-state index contributed by atoms with van der Waals surface area (Å²) in [6.45, 7) is 4.10. The number of benzene rings is 1. The SMILES string of the molecule is CCOC(=O)c1ccc(Nc2nc(-c3c(C)nc4ccc(Cl)cn34)cs2)cc1. The highest BCUT2D eigenvalue weighted by molar-refractivity contribution is 7.14. The van der Waals surface area contributed by atoms with Gasteiger partial charge in [-0.2, -0.15) is 0 Å². The van der Waals surface area contributed by atoms with Crippen LogP contribution in [0, 0.1) is 6.92 Å². The first kappa shape index (κ1) is 18.5. The third-order valence-corrected chi connectivity index (χ3v) is 5.13. The summed E-state index contributed by atoms with van der Waals surface area (Å²) in [6.07, 6.45) is 1.84. The second-order valence-electron chi connectivity index (χ2n) is 6.08. The third-order valence-electron chi connectivity index (χ3n) is 4.15. The number of fused-ring (bicyclic) bond motifs is 1. The summed E-state index contributed by atoms with van der Waals surface area (Å²) in [5.41, 5.74) is 4.81. The summed E-state index contributed by atoms with van der Waals surface area (Å²) in [5, 5.41) is 6.63. The lowest BCUT2D eigenvalue weighted by Crippen LogP contribution is -2.04. The number of aryl methyl sites for hydroxylation is 1. The molecule has 4 aromatic rings. The van der Waals surface area contributed by atoms with Crippen LogP contribution >= 0.6 is 22.9 Å². The fourth-order valence-corrected chi connectivity index (χ4v) is 3.79. The Kier molecular flexibility index (Phi) is 5.02. The standard InChI is InChI=1S/C20H17ClN4O2S/c1-3-27-19(26)13-4-7-15(8-5-13)23-20-24-16(11-28-20)18-12(2)22-17-9-6-14(21)10-25(17)18/h4-11H,3H2,1-2H3,(H,23,24). The molecule has 0 spiro atoms. The molecule has 0 aliphatic heterocycles. The van der Waals surface area contributed by atoms with E-state index in [1.54, 1.807) is 19.1 Å². The van der Waals surface area contributed by atoms with E-state index in [0.29, 0.717) is 17.2 Å². The molecule has 3 aromatic heterocycles. The Morgan fingerprint density at radius 1 is 1.21 bits per heavy atom. The van der Waals surface area contributed by atoms with E-state index < -0.39 is 0 Å². The molecule has 4 rings (SSSR count). The number of anilines is 2. The molecule has 28 heavy (non-hydrogen) atoms. The minimum Gasteiger partial charge on any atom is -0.462 e. The molecular weight excluding hydrogens is 396 g/mol. The number of halogens is 1.